The lowest BCUT2D eigenvalue weighted by atomic mass is 10.2. The molecule has 0 saturated heterocycles. The number of amides is 1. The van der Waals surface area contributed by atoms with E-state index in [1.807, 2.05) is 6.92 Å². The molecule has 200 valence electrons. The average Bonchev–Trinajstić information content (AvgIpc) is 3.32. The van der Waals surface area contributed by atoms with E-state index in [0.29, 0.717) is 53.5 Å². The molecule has 0 unspecified atom stereocenters. The highest BCUT2D eigenvalue weighted by molar-refractivity contribution is 5.93. The largest absolute Gasteiger partial charge is 0.490 e. The smallest absolute Gasteiger partial charge is 0.230 e. The topological polar surface area (TPSA) is 128 Å². The molecule has 1 amide bonds. The molecule has 0 aliphatic heterocycles. The van der Waals surface area contributed by atoms with E-state index in [4.69, 9.17) is 9.84 Å². The van der Waals surface area contributed by atoms with E-state index >= 15 is 0 Å². The van der Waals surface area contributed by atoms with E-state index in [1.165, 1.54) is 36.7 Å². The number of aromatic nitrogens is 4. The maximum absolute atomic E-state index is 14.8. The van der Waals surface area contributed by atoms with Crippen LogP contribution in [0.4, 0.5) is 26.1 Å². The number of benzene rings is 2. The summed E-state index contributed by atoms with van der Waals surface area (Å²) < 4.78 is 33.8. The molecule has 0 bridgehead atoms. The Balaban J connectivity index is 1.38. The molecular weight excluding hydrogens is 496 g/mol. The van der Waals surface area contributed by atoms with Gasteiger partial charge < -0.3 is 25.4 Å². The zero-order valence-electron chi connectivity index (χ0n) is 20.9. The summed E-state index contributed by atoms with van der Waals surface area (Å²) >= 11 is 0. The molecule has 38 heavy (non-hydrogen) atoms. The van der Waals surface area contributed by atoms with Gasteiger partial charge in [0.2, 0.25) is 5.91 Å². The Morgan fingerprint density at radius 3 is 2.82 bits per heavy atom. The third kappa shape index (κ3) is 7.20. The van der Waals surface area contributed by atoms with E-state index in [1.54, 1.807) is 12.1 Å². The first-order chi connectivity index (χ1) is 18.4. The first kappa shape index (κ1) is 26.9. The Kier molecular flexibility index (Phi) is 9.11. The number of hydrogen-bond acceptors (Lipinski definition) is 8. The summed E-state index contributed by atoms with van der Waals surface area (Å²) in [6.45, 7) is 4.57. The number of carbonyl (C=O) groups is 1. The van der Waals surface area contributed by atoms with E-state index in [9.17, 15) is 13.6 Å². The Morgan fingerprint density at radius 2 is 2.03 bits per heavy atom. The van der Waals surface area contributed by atoms with Gasteiger partial charge in [0.15, 0.2) is 17.4 Å². The van der Waals surface area contributed by atoms with Crippen molar-refractivity contribution in [2.24, 2.45) is 0 Å². The van der Waals surface area contributed by atoms with Crippen LogP contribution < -0.4 is 15.4 Å². The highest BCUT2D eigenvalue weighted by Gasteiger charge is 2.14. The molecule has 0 aliphatic rings. The number of anilines is 3. The lowest BCUT2D eigenvalue weighted by Gasteiger charge is -2.19. The Hall–Kier alpha value is -4.16. The van der Waals surface area contributed by atoms with E-state index in [2.05, 4.69) is 35.7 Å². The molecule has 2 heterocycles. The molecule has 0 fully saturated rings. The van der Waals surface area contributed by atoms with Gasteiger partial charge in [-0.15, -0.1) is 0 Å². The van der Waals surface area contributed by atoms with Gasteiger partial charge >= 0.3 is 0 Å². The zero-order valence-corrected chi connectivity index (χ0v) is 20.9. The van der Waals surface area contributed by atoms with Crippen LogP contribution >= 0.6 is 0 Å². The molecule has 0 atom stereocenters. The van der Waals surface area contributed by atoms with Crippen molar-refractivity contribution in [3.8, 4) is 5.75 Å². The van der Waals surface area contributed by atoms with Crippen molar-refractivity contribution in [2.45, 2.75) is 19.8 Å². The van der Waals surface area contributed by atoms with Crippen molar-refractivity contribution < 1.29 is 23.4 Å². The summed E-state index contributed by atoms with van der Waals surface area (Å²) in [5.74, 6) is -0.522. The molecule has 0 radical (unpaired) electrons. The highest BCUT2D eigenvalue weighted by atomic mass is 19.1. The zero-order chi connectivity index (χ0) is 26.9. The number of likely N-dealkylation sites (N-methyl/N-ethyl adjacent to an activating group) is 1. The first-order valence-electron chi connectivity index (χ1n) is 12.2. The van der Waals surface area contributed by atoms with E-state index in [-0.39, 0.29) is 24.7 Å². The van der Waals surface area contributed by atoms with Gasteiger partial charge in [0.05, 0.1) is 25.2 Å². The lowest BCUT2D eigenvalue weighted by Crippen LogP contribution is -2.28. The van der Waals surface area contributed by atoms with Gasteiger partial charge in [0, 0.05) is 42.0 Å². The standard InChI is InChI=1S/C26H29F2N7O3/c1-2-35(8-9-36)7-4-10-38-23-15-22-20(14-21(23)28)26(30-16-29-22)32-24-12-19(33-34-24)13-25(37)31-18-6-3-5-17(27)11-18/h3,5-6,11-12,14-16,36H,2,4,7-10,13H2,1H3,(H,31,37)(H2,29,30,32,33,34). The normalized spacial score (nSPS) is 11.2. The number of aliphatic hydroxyl groups excluding tert-OH is 1. The summed E-state index contributed by atoms with van der Waals surface area (Å²) in [6, 6.07) is 10.1. The van der Waals surface area contributed by atoms with Gasteiger partial charge in [-0.1, -0.05) is 13.0 Å². The van der Waals surface area contributed by atoms with Crippen LogP contribution in [0.1, 0.15) is 19.0 Å². The fourth-order valence-electron chi connectivity index (χ4n) is 3.89. The Bertz CT molecular complexity index is 1380. The van der Waals surface area contributed by atoms with Crippen LogP contribution in [0.2, 0.25) is 0 Å². The minimum absolute atomic E-state index is 0.0128. The molecule has 12 heteroatoms. The third-order valence-corrected chi connectivity index (χ3v) is 5.77. The van der Waals surface area contributed by atoms with Crippen LogP contribution in [-0.2, 0) is 11.2 Å². The molecule has 0 aliphatic carbocycles. The number of H-pyrrole nitrogens is 1. The summed E-state index contributed by atoms with van der Waals surface area (Å²) in [5.41, 5.74) is 1.36. The van der Waals surface area contributed by atoms with Crippen LogP contribution in [0.5, 0.6) is 5.75 Å². The number of aliphatic hydroxyl groups is 1. The molecule has 4 aromatic rings. The number of aromatic amines is 1. The monoisotopic (exact) mass is 525 g/mol. The van der Waals surface area contributed by atoms with Gasteiger partial charge in [-0.05, 0) is 37.2 Å². The fraction of sp³-hybridized carbons (Fsp3) is 0.308. The average molecular weight is 526 g/mol. The van der Waals surface area contributed by atoms with Gasteiger partial charge in [-0.3, -0.25) is 9.89 Å². The van der Waals surface area contributed by atoms with Crippen LogP contribution in [0, 0.1) is 11.6 Å². The number of hydrogen-bond donors (Lipinski definition) is 4. The van der Waals surface area contributed by atoms with Crippen LogP contribution in [-0.4, -0.2) is 68.9 Å². The second-order valence-electron chi connectivity index (χ2n) is 8.52. The molecule has 0 spiro atoms. The van der Waals surface area contributed by atoms with E-state index in [0.717, 1.165) is 13.1 Å². The summed E-state index contributed by atoms with van der Waals surface area (Å²) in [5, 5.41) is 22.1. The number of nitrogens with zero attached hydrogens (tertiary/aromatic N) is 4. The number of halogens is 2. The summed E-state index contributed by atoms with van der Waals surface area (Å²) in [4.78, 5) is 22.8. The first-order valence-corrected chi connectivity index (χ1v) is 12.2. The molecule has 4 N–H and O–H groups in total. The van der Waals surface area contributed by atoms with Crippen molar-refractivity contribution in [1.29, 1.82) is 0 Å². The Labute approximate surface area is 218 Å². The molecular formula is C26H29F2N7O3. The van der Waals surface area contributed by atoms with E-state index < -0.39 is 11.6 Å². The maximum Gasteiger partial charge on any atom is 0.230 e. The van der Waals surface area contributed by atoms with Gasteiger partial charge in [-0.25, -0.2) is 18.7 Å². The number of nitrogens with one attached hydrogen (secondary N) is 3. The third-order valence-electron chi connectivity index (χ3n) is 5.77. The number of fused-ring (bicyclic) bond motifs is 1. The van der Waals surface area contributed by atoms with Gasteiger partial charge in [-0.2, -0.15) is 5.10 Å². The summed E-state index contributed by atoms with van der Waals surface area (Å²) in [6.07, 6.45) is 2.02. The highest BCUT2D eigenvalue weighted by Crippen LogP contribution is 2.28. The number of ether oxygens (including phenoxy) is 1. The number of rotatable bonds is 13. The molecule has 2 aromatic carbocycles. The van der Waals surface area contributed by atoms with Crippen molar-refractivity contribution >= 4 is 34.1 Å². The van der Waals surface area contributed by atoms with Crippen molar-refractivity contribution in [3.63, 3.8) is 0 Å². The SMILES string of the molecule is CCN(CCO)CCCOc1cc2ncnc(Nc3cc(CC(=O)Nc4cccc(F)c4)[nH]n3)c2cc1F. The Morgan fingerprint density at radius 1 is 1.16 bits per heavy atom. The van der Waals surface area contributed by atoms with Crippen LogP contribution in [0.3, 0.4) is 0 Å². The van der Waals surface area contributed by atoms with Crippen LogP contribution in [0.25, 0.3) is 10.9 Å². The van der Waals surface area contributed by atoms with Gasteiger partial charge in [0.25, 0.3) is 0 Å². The second kappa shape index (κ2) is 12.9. The van der Waals surface area contributed by atoms with Crippen molar-refractivity contribution in [3.05, 3.63) is 66.1 Å². The lowest BCUT2D eigenvalue weighted by molar-refractivity contribution is -0.115. The molecule has 4 rings (SSSR count). The van der Waals surface area contributed by atoms with Crippen molar-refractivity contribution in [1.82, 2.24) is 25.1 Å². The molecule has 2 aromatic heterocycles. The van der Waals surface area contributed by atoms with Gasteiger partial charge in [0.1, 0.15) is 18.0 Å². The predicted octanol–water partition coefficient (Wildman–Crippen LogP) is 3.64. The maximum atomic E-state index is 14.8. The minimum Gasteiger partial charge on any atom is -0.490 e. The number of carbonyl (C=O) groups excluding carboxylic acids is 1. The molecule has 0 saturated carbocycles. The van der Waals surface area contributed by atoms with Crippen molar-refractivity contribution in [2.75, 3.05) is 43.5 Å². The fourth-order valence-corrected chi connectivity index (χ4v) is 3.89. The molecule has 10 nitrogen and oxygen atoms in total. The minimum atomic E-state index is -0.546. The quantitative estimate of drug-likeness (QED) is 0.195. The van der Waals surface area contributed by atoms with Crippen LogP contribution in [0.15, 0.2) is 48.8 Å². The summed E-state index contributed by atoms with van der Waals surface area (Å²) in [7, 11) is 0. The predicted molar refractivity (Wildman–Crippen MR) is 139 cm³/mol. The second-order valence-corrected chi connectivity index (χ2v) is 8.52.